The van der Waals surface area contributed by atoms with E-state index in [9.17, 15) is 19.5 Å². The van der Waals surface area contributed by atoms with Crippen molar-refractivity contribution in [2.75, 3.05) is 5.32 Å². The average Bonchev–Trinajstić information content (AvgIpc) is 2.67. The molecule has 27 heavy (non-hydrogen) atoms. The number of carbonyl (C=O) groups excluding carboxylic acids is 2. The normalized spacial score (nSPS) is 12.9. The summed E-state index contributed by atoms with van der Waals surface area (Å²) in [5, 5.41) is 21.2. The second-order valence-corrected chi connectivity index (χ2v) is 6.70. The number of carbonyl (C=O) groups is 3. The first kappa shape index (κ1) is 18.6. The summed E-state index contributed by atoms with van der Waals surface area (Å²) in [7, 11) is 0. The number of aromatic hydroxyl groups is 1. The van der Waals surface area contributed by atoms with Crippen LogP contribution in [0, 0.1) is 0 Å². The minimum atomic E-state index is -1.17. The molecule has 6 heteroatoms. The van der Waals surface area contributed by atoms with E-state index in [2.05, 4.69) is 5.32 Å². The summed E-state index contributed by atoms with van der Waals surface area (Å²) in [6, 6.07) is 9.43. The van der Waals surface area contributed by atoms with Crippen LogP contribution >= 0.6 is 0 Å². The summed E-state index contributed by atoms with van der Waals surface area (Å²) in [5.74, 6) is -2.01. The van der Waals surface area contributed by atoms with Gasteiger partial charge in [0.25, 0.3) is 0 Å². The fourth-order valence-electron chi connectivity index (χ4n) is 3.26. The van der Waals surface area contributed by atoms with E-state index in [1.165, 1.54) is 29.7 Å². The number of fused-ring (bicyclic) bond motifs is 1. The van der Waals surface area contributed by atoms with Crippen LogP contribution in [-0.4, -0.2) is 27.9 Å². The Balaban J connectivity index is 1.57. The first-order valence-corrected chi connectivity index (χ1v) is 8.95. The van der Waals surface area contributed by atoms with Crippen LogP contribution in [-0.2, 0) is 17.6 Å². The van der Waals surface area contributed by atoms with Crippen LogP contribution in [0.4, 0.5) is 5.69 Å². The number of benzene rings is 2. The lowest BCUT2D eigenvalue weighted by molar-refractivity contribution is -0.116. The number of hydrogen-bond acceptors (Lipinski definition) is 4. The van der Waals surface area contributed by atoms with Gasteiger partial charge in [0.15, 0.2) is 5.78 Å². The number of Topliss-reactive ketones (excluding diaryl/α,β-unsaturated/α-hetero) is 1. The van der Waals surface area contributed by atoms with Gasteiger partial charge in [-0.1, -0.05) is 12.1 Å². The number of nitrogens with one attached hydrogen (secondary N) is 1. The van der Waals surface area contributed by atoms with Crippen LogP contribution in [0.1, 0.15) is 57.5 Å². The van der Waals surface area contributed by atoms with Gasteiger partial charge < -0.3 is 15.5 Å². The molecule has 1 aliphatic rings. The number of carboxylic acid groups (broad SMARTS) is 1. The number of rotatable bonds is 6. The van der Waals surface area contributed by atoms with Gasteiger partial charge in [0.2, 0.25) is 5.91 Å². The molecule has 0 heterocycles. The summed E-state index contributed by atoms with van der Waals surface area (Å²) < 4.78 is 0. The number of anilines is 1. The lowest BCUT2D eigenvalue weighted by Gasteiger charge is -2.16. The SMILES string of the molecule is O=C(CCC(=O)c1ccc2c(c1)CCCC2)Nc1ccc(C(=O)O)cc1O. The maximum atomic E-state index is 12.4. The highest BCUT2D eigenvalue weighted by atomic mass is 16.4. The van der Waals surface area contributed by atoms with Crippen LogP contribution in [0.2, 0.25) is 0 Å². The van der Waals surface area contributed by atoms with Gasteiger partial charge in [0.05, 0.1) is 11.3 Å². The zero-order chi connectivity index (χ0) is 19.4. The monoisotopic (exact) mass is 367 g/mol. The molecule has 0 atom stereocenters. The average molecular weight is 367 g/mol. The lowest BCUT2D eigenvalue weighted by atomic mass is 9.89. The molecule has 0 saturated carbocycles. The summed E-state index contributed by atoms with van der Waals surface area (Å²) in [4.78, 5) is 35.3. The van der Waals surface area contributed by atoms with Gasteiger partial charge in [0.1, 0.15) is 5.75 Å². The maximum Gasteiger partial charge on any atom is 0.335 e. The van der Waals surface area contributed by atoms with Gasteiger partial charge in [-0.3, -0.25) is 9.59 Å². The second kappa shape index (κ2) is 8.03. The zero-order valence-electron chi connectivity index (χ0n) is 14.8. The molecule has 1 amide bonds. The van der Waals surface area contributed by atoms with E-state index < -0.39 is 11.9 Å². The van der Waals surface area contributed by atoms with Crippen LogP contribution in [0.15, 0.2) is 36.4 Å². The molecule has 3 rings (SSSR count). The molecule has 2 aromatic carbocycles. The predicted octanol–water partition coefficient (Wildman–Crippen LogP) is 3.57. The molecule has 6 nitrogen and oxygen atoms in total. The van der Waals surface area contributed by atoms with Crippen LogP contribution in [0.3, 0.4) is 0 Å². The highest BCUT2D eigenvalue weighted by molar-refractivity contribution is 6.00. The number of hydrogen-bond donors (Lipinski definition) is 3. The summed E-state index contributed by atoms with van der Waals surface area (Å²) in [6.45, 7) is 0. The number of phenols is 1. The Bertz CT molecular complexity index is 903. The predicted molar refractivity (Wildman–Crippen MR) is 100 cm³/mol. The molecule has 0 fully saturated rings. The third kappa shape index (κ3) is 4.53. The Morgan fingerprint density at radius 2 is 1.59 bits per heavy atom. The van der Waals surface area contributed by atoms with E-state index in [1.54, 1.807) is 0 Å². The molecule has 0 radical (unpaired) electrons. The topological polar surface area (TPSA) is 104 Å². The molecule has 0 aliphatic heterocycles. The standard InChI is InChI=1S/C21H21NO5/c23-18(15-6-5-13-3-1-2-4-14(13)11-15)9-10-20(25)22-17-8-7-16(21(26)27)12-19(17)24/h5-8,11-12,24H,1-4,9-10H2,(H,22,25)(H,26,27). The smallest absolute Gasteiger partial charge is 0.335 e. The Morgan fingerprint density at radius 1 is 0.889 bits per heavy atom. The molecular formula is C21H21NO5. The molecule has 0 aromatic heterocycles. The number of carboxylic acids is 1. The van der Waals surface area contributed by atoms with E-state index in [0.717, 1.165) is 25.3 Å². The second-order valence-electron chi connectivity index (χ2n) is 6.70. The first-order valence-electron chi connectivity index (χ1n) is 8.95. The molecule has 0 saturated heterocycles. The van der Waals surface area contributed by atoms with E-state index in [1.807, 2.05) is 18.2 Å². The lowest BCUT2D eigenvalue weighted by Crippen LogP contribution is -2.14. The fourth-order valence-corrected chi connectivity index (χ4v) is 3.26. The van der Waals surface area contributed by atoms with Crippen molar-refractivity contribution >= 4 is 23.3 Å². The van der Waals surface area contributed by atoms with Crippen LogP contribution < -0.4 is 5.32 Å². The summed E-state index contributed by atoms with van der Waals surface area (Å²) in [6.07, 6.45) is 4.41. The molecule has 2 aromatic rings. The number of phenolic OH excluding ortho intramolecular Hbond substituents is 1. The zero-order valence-corrected chi connectivity index (χ0v) is 14.8. The summed E-state index contributed by atoms with van der Waals surface area (Å²) in [5.41, 5.74) is 3.19. The van der Waals surface area contributed by atoms with Gasteiger partial charge in [-0.15, -0.1) is 0 Å². The highest BCUT2D eigenvalue weighted by Crippen LogP contribution is 2.25. The fraction of sp³-hybridized carbons (Fsp3) is 0.286. The van der Waals surface area contributed by atoms with E-state index >= 15 is 0 Å². The van der Waals surface area contributed by atoms with E-state index in [-0.39, 0.29) is 35.6 Å². The molecule has 1 aliphatic carbocycles. The maximum absolute atomic E-state index is 12.4. The van der Waals surface area contributed by atoms with Crippen molar-refractivity contribution in [2.45, 2.75) is 38.5 Å². The number of aryl methyl sites for hydroxylation is 2. The van der Waals surface area contributed by atoms with Gasteiger partial charge >= 0.3 is 5.97 Å². The van der Waals surface area contributed by atoms with Crippen LogP contribution in [0.25, 0.3) is 0 Å². The molecule has 0 spiro atoms. The number of ketones is 1. The Hall–Kier alpha value is -3.15. The minimum Gasteiger partial charge on any atom is -0.506 e. The Kier molecular flexibility index (Phi) is 5.54. The summed E-state index contributed by atoms with van der Waals surface area (Å²) >= 11 is 0. The molecule has 0 bridgehead atoms. The van der Waals surface area contributed by atoms with Crippen molar-refractivity contribution in [3.05, 3.63) is 58.7 Å². The largest absolute Gasteiger partial charge is 0.506 e. The van der Waals surface area contributed by atoms with Crippen molar-refractivity contribution in [1.82, 2.24) is 0 Å². The molecule has 3 N–H and O–H groups in total. The minimum absolute atomic E-state index is 0.0178. The third-order valence-corrected chi connectivity index (χ3v) is 4.77. The quantitative estimate of drug-likeness (QED) is 0.535. The Morgan fingerprint density at radius 3 is 2.30 bits per heavy atom. The van der Waals surface area contributed by atoms with Crippen molar-refractivity contribution in [1.29, 1.82) is 0 Å². The Labute approximate surface area is 156 Å². The molecular weight excluding hydrogens is 346 g/mol. The molecule has 0 unspecified atom stereocenters. The van der Waals surface area contributed by atoms with E-state index in [0.29, 0.717) is 5.56 Å². The van der Waals surface area contributed by atoms with Gasteiger partial charge in [-0.05, 0) is 61.1 Å². The van der Waals surface area contributed by atoms with E-state index in [4.69, 9.17) is 5.11 Å². The van der Waals surface area contributed by atoms with Gasteiger partial charge in [0, 0.05) is 18.4 Å². The van der Waals surface area contributed by atoms with Crippen LogP contribution in [0.5, 0.6) is 5.75 Å². The van der Waals surface area contributed by atoms with Gasteiger partial charge in [-0.2, -0.15) is 0 Å². The van der Waals surface area contributed by atoms with Crippen molar-refractivity contribution in [2.24, 2.45) is 0 Å². The number of aromatic carboxylic acids is 1. The molecule has 140 valence electrons. The van der Waals surface area contributed by atoms with Crippen molar-refractivity contribution in [3.8, 4) is 5.75 Å². The highest BCUT2D eigenvalue weighted by Gasteiger charge is 2.15. The number of amides is 1. The van der Waals surface area contributed by atoms with Crippen molar-refractivity contribution in [3.63, 3.8) is 0 Å². The van der Waals surface area contributed by atoms with Crippen molar-refractivity contribution < 1.29 is 24.6 Å². The first-order chi connectivity index (χ1) is 12.9. The third-order valence-electron chi connectivity index (χ3n) is 4.77. The van der Waals surface area contributed by atoms with Gasteiger partial charge in [-0.25, -0.2) is 4.79 Å².